The fourth-order valence-electron chi connectivity index (χ4n) is 2.23. The zero-order valence-electron chi connectivity index (χ0n) is 11.9. The van der Waals surface area contributed by atoms with Crippen molar-refractivity contribution in [3.8, 4) is 0 Å². The molecule has 102 valence electrons. The molecule has 0 aliphatic carbocycles. The fraction of sp³-hybridized carbons (Fsp3) is 0.438. The van der Waals surface area contributed by atoms with Crippen molar-refractivity contribution in [2.75, 3.05) is 6.54 Å². The first kappa shape index (κ1) is 14.2. The average molecular weight is 274 g/mol. The number of thiazole rings is 1. The highest BCUT2D eigenvalue weighted by molar-refractivity contribution is 7.07. The average Bonchev–Trinajstić information content (AvgIpc) is 2.92. The van der Waals surface area contributed by atoms with Gasteiger partial charge in [0.15, 0.2) is 0 Å². The van der Waals surface area contributed by atoms with Gasteiger partial charge in [0.05, 0.1) is 17.2 Å². The van der Waals surface area contributed by atoms with Crippen molar-refractivity contribution in [2.24, 2.45) is 0 Å². The van der Waals surface area contributed by atoms with E-state index in [1.807, 2.05) is 5.51 Å². The van der Waals surface area contributed by atoms with Crippen molar-refractivity contribution in [1.29, 1.82) is 0 Å². The lowest BCUT2D eigenvalue weighted by Gasteiger charge is -2.18. The maximum atomic E-state index is 4.47. The third kappa shape index (κ3) is 3.88. The topological polar surface area (TPSA) is 24.9 Å². The third-order valence-corrected chi connectivity index (χ3v) is 3.98. The quantitative estimate of drug-likeness (QED) is 0.860. The number of benzene rings is 1. The van der Waals surface area contributed by atoms with E-state index in [0.717, 1.165) is 19.4 Å². The number of rotatable bonds is 6. The molecular formula is C16H22N2S. The van der Waals surface area contributed by atoms with Gasteiger partial charge in [-0.3, -0.25) is 0 Å². The lowest BCUT2D eigenvalue weighted by atomic mass is 9.97. The molecule has 19 heavy (non-hydrogen) atoms. The van der Waals surface area contributed by atoms with Crippen LogP contribution in [0.1, 0.15) is 41.8 Å². The highest BCUT2D eigenvalue weighted by Gasteiger charge is 2.14. The number of nitrogens with zero attached hydrogens (tertiary/aromatic N) is 1. The van der Waals surface area contributed by atoms with Gasteiger partial charge in [0.1, 0.15) is 0 Å². The van der Waals surface area contributed by atoms with E-state index in [2.05, 4.69) is 54.7 Å². The Hall–Kier alpha value is -1.19. The lowest BCUT2D eigenvalue weighted by molar-refractivity contribution is 0.519. The molecule has 1 N–H and O–H groups in total. The molecule has 0 aliphatic rings. The minimum atomic E-state index is 0.326. The van der Waals surface area contributed by atoms with Crippen molar-refractivity contribution in [2.45, 2.75) is 39.7 Å². The van der Waals surface area contributed by atoms with Crippen LogP contribution < -0.4 is 5.32 Å². The number of hydrogen-bond donors (Lipinski definition) is 1. The van der Waals surface area contributed by atoms with Crippen LogP contribution in [-0.2, 0) is 6.42 Å². The number of aryl methyl sites for hydroxylation is 2. The van der Waals surface area contributed by atoms with Crippen LogP contribution in [0.15, 0.2) is 29.1 Å². The second-order valence-corrected chi connectivity index (χ2v) is 5.77. The Labute approximate surface area is 119 Å². The third-order valence-electron chi connectivity index (χ3n) is 3.38. The van der Waals surface area contributed by atoms with Crippen molar-refractivity contribution in [3.63, 3.8) is 0 Å². The highest BCUT2D eigenvalue weighted by Crippen LogP contribution is 2.21. The summed E-state index contributed by atoms with van der Waals surface area (Å²) >= 11 is 1.67. The second kappa shape index (κ2) is 6.83. The summed E-state index contributed by atoms with van der Waals surface area (Å²) in [5.74, 6) is 0. The molecule has 2 rings (SSSR count). The van der Waals surface area contributed by atoms with E-state index in [4.69, 9.17) is 0 Å². The molecule has 0 saturated heterocycles. The molecule has 3 heteroatoms. The van der Waals surface area contributed by atoms with Crippen molar-refractivity contribution >= 4 is 11.3 Å². The van der Waals surface area contributed by atoms with Gasteiger partial charge in [-0.15, -0.1) is 11.3 Å². The van der Waals surface area contributed by atoms with Crippen molar-refractivity contribution in [1.82, 2.24) is 10.3 Å². The number of hydrogen-bond acceptors (Lipinski definition) is 3. The van der Waals surface area contributed by atoms with Gasteiger partial charge in [0.2, 0.25) is 0 Å². The Morgan fingerprint density at radius 3 is 2.84 bits per heavy atom. The molecule has 2 aromatic rings. The Morgan fingerprint density at radius 2 is 2.16 bits per heavy atom. The molecule has 0 saturated carbocycles. The van der Waals surface area contributed by atoms with Gasteiger partial charge >= 0.3 is 0 Å². The van der Waals surface area contributed by atoms with Gasteiger partial charge in [0, 0.05) is 5.38 Å². The summed E-state index contributed by atoms with van der Waals surface area (Å²) in [6, 6.07) is 7.01. The van der Waals surface area contributed by atoms with Crippen LogP contribution in [0.3, 0.4) is 0 Å². The largest absolute Gasteiger partial charge is 0.308 e. The smallest absolute Gasteiger partial charge is 0.0795 e. The molecule has 0 spiro atoms. The van der Waals surface area contributed by atoms with Crippen LogP contribution in [0.4, 0.5) is 0 Å². The van der Waals surface area contributed by atoms with E-state index in [0.29, 0.717) is 6.04 Å². The van der Waals surface area contributed by atoms with E-state index in [9.17, 15) is 0 Å². The summed E-state index contributed by atoms with van der Waals surface area (Å²) in [5, 5.41) is 5.76. The minimum absolute atomic E-state index is 0.326. The second-order valence-electron chi connectivity index (χ2n) is 5.05. The first-order chi connectivity index (χ1) is 9.20. The minimum Gasteiger partial charge on any atom is -0.308 e. The SMILES string of the molecule is CCCNC(Cc1cc(C)ccc1C)c1cscn1. The molecule has 1 aromatic heterocycles. The summed E-state index contributed by atoms with van der Waals surface area (Å²) in [7, 11) is 0. The van der Waals surface area contributed by atoms with Gasteiger partial charge in [-0.1, -0.05) is 30.7 Å². The van der Waals surface area contributed by atoms with Gasteiger partial charge in [-0.2, -0.15) is 0 Å². The molecule has 0 bridgehead atoms. The molecule has 0 fully saturated rings. The van der Waals surface area contributed by atoms with E-state index in [1.54, 1.807) is 11.3 Å². The zero-order valence-corrected chi connectivity index (χ0v) is 12.8. The summed E-state index contributed by atoms with van der Waals surface area (Å²) in [6.45, 7) is 7.57. The normalized spacial score (nSPS) is 12.6. The van der Waals surface area contributed by atoms with Crippen molar-refractivity contribution < 1.29 is 0 Å². The van der Waals surface area contributed by atoms with E-state index < -0.39 is 0 Å². The predicted molar refractivity (Wildman–Crippen MR) is 82.8 cm³/mol. The molecule has 1 atom stereocenters. The summed E-state index contributed by atoms with van der Waals surface area (Å²) in [4.78, 5) is 4.47. The van der Waals surface area contributed by atoms with Crippen molar-refractivity contribution in [3.05, 3.63) is 51.5 Å². The van der Waals surface area contributed by atoms with Crippen LogP contribution in [-0.4, -0.2) is 11.5 Å². The van der Waals surface area contributed by atoms with Gasteiger partial charge in [0.25, 0.3) is 0 Å². The highest BCUT2D eigenvalue weighted by atomic mass is 32.1. The lowest BCUT2D eigenvalue weighted by Crippen LogP contribution is -2.24. The van der Waals surface area contributed by atoms with Crippen LogP contribution >= 0.6 is 11.3 Å². The predicted octanol–water partition coefficient (Wildman–Crippen LogP) is 4.04. The maximum Gasteiger partial charge on any atom is 0.0795 e. The monoisotopic (exact) mass is 274 g/mol. The van der Waals surface area contributed by atoms with Gasteiger partial charge < -0.3 is 5.32 Å². The number of aromatic nitrogens is 1. The summed E-state index contributed by atoms with van der Waals surface area (Å²) in [6.07, 6.45) is 2.16. The molecule has 0 radical (unpaired) electrons. The summed E-state index contributed by atoms with van der Waals surface area (Å²) < 4.78 is 0. The molecule has 1 aromatic carbocycles. The first-order valence-corrected chi connectivity index (χ1v) is 7.82. The summed E-state index contributed by atoms with van der Waals surface area (Å²) in [5.41, 5.74) is 7.19. The van der Waals surface area contributed by atoms with Crippen LogP contribution in [0.5, 0.6) is 0 Å². The van der Waals surface area contributed by atoms with E-state index >= 15 is 0 Å². The van der Waals surface area contributed by atoms with Crippen LogP contribution in [0, 0.1) is 13.8 Å². The van der Waals surface area contributed by atoms with Gasteiger partial charge in [-0.25, -0.2) is 4.98 Å². The Morgan fingerprint density at radius 1 is 1.32 bits per heavy atom. The standard InChI is InChI=1S/C16H22N2S/c1-4-7-17-15(16-10-19-11-18-16)9-14-8-12(2)5-6-13(14)3/h5-6,8,10-11,15,17H,4,7,9H2,1-3H3. The van der Waals surface area contributed by atoms with E-state index in [1.165, 1.54) is 22.4 Å². The molecule has 1 unspecified atom stereocenters. The van der Waals surface area contributed by atoms with Gasteiger partial charge in [-0.05, 0) is 44.4 Å². The molecule has 0 aliphatic heterocycles. The zero-order chi connectivity index (χ0) is 13.7. The first-order valence-electron chi connectivity index (χ1n) is 6.88. The Bertz CT molecular complexity index is 505. The maximum absolute atomic E-state index is 4.47. The number of nitrogens with one attached hydrogen (secondary N) is 1. The fourth-order valence-corrected chi connectivity index (χ4v) is 2.84. The van der Waals surface area contributed by atoms with Crippen LogP contribution in [0.25, 0.3) is 0 Å². The molecular weight excluding hydrogens is 252 g/mol. The van der Waals surface area contributed by atoms with Crippen LogP contribution in [0.2, 0.25) is 0 Å². The Kier molecular flexibility index (Phi) is 5.11. The van der Waals surface area contributed by atoms with E-state index in [-0.39, 0.29) is 0 Å². The Balaban J connectivity index is 2.17. The molecule has 2 nitrogen and oxygen atoms in total. The molecule has 1 heterocycles. The molecule has 0 amide bonds.